The van der Waals surface area contributed by atoms with Crippen LogP contribution in [0.5, 0.6) is 0 Å². The summed E-state index contributed by atoms with van der Waals surface area (Å²) in [6.07, 6.45) is 0. The molecule has 0 aromatic heterocycles. The van der Waals surface area contributed by atoms with Crippen LogP contribution in [0.4, 0.5) is 4.39 Å². The van der Waals surface area contributed by atoms with Crippen molar-refractivity contribution in [3.8, 4) is 0 Å². The lowest BCUT2D eigenvalue weighted by Crippen LogP contribution is -2.38. The molecule has 0 atom stereocenters. The lowest BCUT2D eigenvalue weighted by molar-refractivity contribution is 0.0407. The van der Waals surface area contributed by atoms with Crippen molar-refractivity contribution in [1.82, 2.24) is 8.01 Å². The minimum absolute atomic E-state index is 0.103. The van der Waals surface area contributed by atoms with Gasteiger partial charge in [-0.2, -0.15) is 0 Å². The molecule has 0 aromatic rings. The maximum atomic E-state index is 13.1. The highest BCUT2D eigenvalue weighted by molar-refractivity contribution is 14.1. The van der Waals surface area contributed by atoms with Crippen molar-refractivity contribution in [3.05, 3.63) is 11.5 Å². The molecule has 0 aliphatic carbocycles. The van der Waals surface area contributed by atoms with Crippen molar-refractivity contribution in [2.75, 3.05) is 39.9 Å². The minimum atomic E-state index is -0.103. The molecule has 0 spiro atoms. The van der Waals surface area contributed by atoms with E-state index in [2.05, 4.69) is 27.8 Å². The standard InChI is InChI=1S/C9H16FIN2O/c1-8(10)9(12(2)11)7-13-3-5-14-6-4-13/h3-7H2,1-2H3/b9-8+. The molecule has 0 bridgehead atoms. The van der Waals surface area contributed by atoms with Crippen molar-refractivity contribution >= 4 is 22.9 Å². The van der Waals surface area contributed by atoms with Crippen LogP contribution >= 0.6 is 22.9 Å². The number of rotatable bonds is 3. The first-order valence-corrected chi connectivity index (χ1v) is 5.62. The fraction of sp³-hybridized carbons (Fsp3) is 0.778. The molecule has 0 N–H and O–H groups in total. The Morgan fingerprint density at radius 3 is 2.50 bits per heavy atom. The molecule has 14 heavy (non-hydrogen) atoms. The Morgan fingerprint density at radius 1 is 1.50 bits per heavy atom. The molecular formula is C9H16FIN2O. The molecule has 0 unspecified atom stereocenters. The number of ether oxygens (including phenoxy) is 1. The summed E-state index contributed by atoms with van der Waals surface area (Å²) in [6.45, 7) is 5.46. The van der Waals surface area contributed by atoms with E-state index in [-0.39, 0.29) is 5.83 Å². The Hall–Kier alpha value is 0.120. The lowest BCUT2D eigenvalue weighted by Gasteiger charge is -2.29. The molecule has 1 aliphatic heterocycles. The fourth-order valence-corrected chi connectivity index (χ4v) is 1.87. The van der Waals surface area contributed by atoms with E-state index in [0.717, 1.165) is 32.0 Å². The van der Waals surface area contributed by atoms with E-state index in [4.69, 9.17) is 4.74 Å². The molecule has 0 radical (unpaired) electrons. The van der Waals surface area contributed by atoms with Gasteiger partial charge in [-0.25, -0.2) is 4.39 Å². The van der Waals surface area contributed by atoms with Gasteiger partial charge in [0.05, 0.1) is 41.8 Å². The van der Waals surface area contributed by atoms with Gasteiger partial charge >= 0.3 is 0 Å². The van der Waals surface area contributed by atoms with Crippen molar-refractivity contribution in [2.24, 2.45) is 0 Å². The minimum Gasteiger partial charge on any atom is -0.379 e. The summed E-state index contributed by atoms with van der Waals surface area (Å²) in [4.78, 5) is 2.21. The molecule has 1 saturated heterocycles. The molecule has 1 rings (SSSR count). The summed E-state index contributed by atoms with van der Waals surface area (Å²) >= 11 is 2.09. The van der Waals surface area contributed by atoms with Gasteiger partial charge in [0.2, 0.25) is 0 Å². The monoisotopic (exact) mass is 314 g/mol. The van der Waals surface area contributed by atoms with Gasteiger partial charge in [-0.3, -0.25) is 4.90 Å². The van der Waals surface area contributed by atoms with E-state index in [1.807, 2.05) is 10.2 Å². The maximum absolute atomic E-state index is 13.1. The van der Waals surface area contributed by atoms with E-state index < -0.39 is 0 Å². The predicted octanol–water partition coefficient (Wildman–Crippen LogP) is 1.80. The quantitative estimate of drug-likeness (QED) is 0.584. The normalized spacial score (nSPS) is 20.6. The van der Waals surface area contributed by atoms with Gasteiger partial charge in [-0.1, -0.05) is 0 Å². The topological polar surface area (TPSA) is 15.7 Å². The summed E-state index contributed by atoms with van der Waals surface area (Å²) in [5, 5.41) is 0. The van der Waals surface area contributed by atoms with Crippen molar-refractivity contribution < 1.29 is 9.13 Å². The van der Waals surface area contributed by atoms with Crippen LogP contribution in [0.25, 0.3) is 0 Å². The molecule has 1 heterocycles. The number of allylic oxidation sites excluding steroid dienone is 1. The zero-order valence-electron chi connectivity index (χ0n) is 8.59. The third-order valence-corrected chi connectivity index (χ3v) is 2.83. The van der Waals surface area contributed by atoms with Crippen LogP contribution in [0.3, 0.4) is 0 Å². The average molecular weight is 314 g/mol. The molecule has 1 aliphatic rings. The smallest absolute Gasteiger partial charge is 0.118 e. The maximum Gasteiger partial charge on any atom is 0.118 e. The summed E-state index contributed by atoms with van der Waals surface area (Å²) in [6, 6.07) is 0. The van der Waals surface area contributed by atoms with Crippen LogP contribution in [-0.4, -0.2) is 47.9 Å². The van der Waals surface area contributed by atoms with Crippen LogP contribution < -0.4 is 0 Å². The molecule has 5 heteroatoms. The molecule has 82 valence electrons. The number of halogens is 2. The van der Waals surface area contributed by atoms with E-state index in [1.165, 1.54) is 6.92 Å². The second-order valence-electron chi connectivity index (χ2n) is 3.35. The van der Waals surface area contributed by atoms with Crippen molar-refractivity contribution in [3.63, 3.8) is 0 Å². The number of hydrogen-bond acceptors (Lipinski definition) is 3. The fourth-order valence-electron chi connectivity index (χ4n) is 1.39. The van der Waals surface area contributed by atoms with E-state index in [0.29, 0.717) is 6.54 Å². The number of morpholine rings is 1. The van der Waals surface area contributed by atoms with Crippen LogP contribution in [0, 0.1) is 0 Å². The van der Waals surface area contributed by atoms with Crippen LogP contribution in [0.15, 0.2) is 11.5 Å². The van der Waals surface area contributed by atoms with E-state index in [1.54, 1.807) is 0 Å². The zero-order valence-corrected chi connectivity index (χ0v) is 10.8. The van der Waals surface area contributed by atoms with Gasteiger partial charge in [0.1, 0.15) is 5.83 Å². The number of hydrogen-bond donors (Lipinski definition) is 0. The summed E-state index contributed by atoms with van der Waals surface area (Å²) < 4.78 is 20.2. The summed E-state index contributed by atoms with van der Waals surface area (Å²) in [7, 11) is 1.86. The number of likely N-dealkylation sites (N-methyl/N-ethyl adjacent to an activating group) is 1. The van der Waals surface area contributed by atoms with Gasteiger partial charge in [0.15, 0.2) is 0 Å². The summed E-state index contributed by atoms with van der Waals surface area (Å²) in [5.74, 6) is -0.103. The van der Waals surface area contributed by atoms with E-state index in [9.17, 15) is 4.39 Å². The molecule has 0 aromatic carbocycles. The van der Waals surface area contributed by atoms with Crippen LogP contribution in [0.2, 0.25) is 0 Å². The molecule has 1 fully saturated rings. The third kappa shape index (κ3) is 3.70. The van der Waals surface area contributed by atoms with Gasteiger partial charge in [-0.05, 0) is 6.92 Å². The Morgan fingerprint density at radius 2 is 2.07 bits per heavy atom. The first-order chi connectivity index (χ1) is 6.61. The van der Waals surface area contributed by atoms with Crippen molar-refractivity contribution in [1.29, 1.82) is 0 Å². The highest BCUT2D eigenvalue weighted by Gasteiger charge is 2.15. The molecular weight excluding hydrogens is 298 g/mol. The first-order valence-electron chi connectivity index (χ1n) is 4.66. The SMILES string of the molecule is C/C(F)=C(/CN1CCOCC1)N(C)I. The Kier molecular flexibility index (Phi) is 5.11. The molecule has 0 saturated carbocycles. The molecule has 3 nitrogen and oxygen atoms in total. The predicted molar refractivity (Wildman–Crippen MR) is 62.9 cm³/mol. The van der Waals surface area contributed by atoms with Gasteiger partial charge < -0.3 is 7.85 Å². The van der Waals surface area contributed by atoms with E-state index >= 15 is 0 Å². The van der Waals surface area contributed by atoms with Gasteiger partial charge in [-0.15, -0.1) is 0 Å². The Labute approximate surface area is 98.4 Å². The Balaban J connectivity index is 2.51. The highest BCUT2D eigenvalue weighted by atomic mass is 127. The highest BCUT2D eigenvalue weighted by Crippen LogP contribution is 2.15. The summed E-state index contributed by atoms with van der Waals surface area (Å²) in [5.41, 5.74) is 0.743. The second kappa shape index (κ2) is 5.87. The van der Waals surface area contributed by atoms with Crippen LogP contribution in [0.1, 0.15) is 6.92 Å². The molecule has 0 amide bonds. The number of nitrogens with zero attached hydrogens (tertiary/aromatic N) is 2. The lowest BCUT2D eigenvalue weighted by atomic mass is 10.3. The zero-order chi connectivity index (χ0) is 10.6. The van der Waals surface area contributed by atoms with Crippen LogP contribution in [-0.2, 0) is 4.74 Å². The third-order valence-electron chi connectivity index (χ3n) is 2.25. The second-order valence-corrected chi connectivity index (χ2v) is 4.79. The average Bonchev–Trinajstić information content (AvgIpc) is 2.15. The van der Waals surface area contributed by atoms with Gasteiger partial charge in [0, 0.05) is 26.7 Å². The Bertz CT molecular complexity index is 211. The first kappa shape index (κ1) is 12.2. The van der Waals surface area contributed by atoms with Crippen molar-refractivity contribution in [2.45, 2.75) is 6.92 Å². The largest absolute Gasteiger partial charge is 0.379 e. The van der Waals surface area contributed by atoms with Gasteiger partial charge in [0.25, 0.3) is 0 Å².